The molecule has 0 aromatic heterocycles. The lowest BCUT2D eigenvalue weighted by atomic mass is 10.6. The third-order valence-electron chi connectivity index (χ3n) is 2.19. The minimum Gasteiger partial charge on any atom is -0.306 e. The van der Waals surface area contributed by atoms with Crippen molar-refractivity contribution >= 4 is 7.29 Å². The quantitative estimate of drug-likeness (QED) is 0.481. The first kappa shape index (κ1) is 9.02. The van der Waals surface area contributed by atoms with Gasteiger partial charge >= 0.3 is 0 Å². The molecule has 0 saturated heterocycles. The van der Waals surface area contributed by atoms with Crippen LogP contribution in [-0.4, -0.2) is 30.1 Å². The fraction of sp³-hybridized carbons (Fsp3) is 0.750. The summed E-state index contributed by atoms with van der Waals surface area (Å²) in [6.07, 6.45) is 5.65. The molecular weight excluding hydrogens is 157 g/mol. The average molecular weight is 173 g/mol. The second-order valence-corrected chi connectivity index (χ2v) is 5.81. The smallest absolute Gasteiger partial charge is 0.157 e. The van der Waals surface area contributed by atoms with Crippen molar-refractivity contribution < 1.29 is 4.57 Å². The molecule has 3 heteroatoms. The lowest BCUT2D eigenvalue weighted by Gasteiger charge is -2.25. The van der Waals surface area contributed by atoms with Crippen LogP contribution in [0.2, 0.25) is 0 Å². The van der Waals surface area contributed by atoms with Gasteiger partial charge in [-0.15, -0.1) is 0 Å². The Labute approximate surface area is 68.7 Å². The van der Waals surface area contributed by atoms with Crippen LogP contribution in [0.15, 0.2) is 12.2 Å². The maximum absolute atomic E-state index is 12.0. The second kappa shape index (κ2) is 3.55. The molecule has 0 N–H and O–H groups in total. The highest BCUT2D eigenvalue weighted by Gasteiger charge is 2.28. The van der Waals surface area contributed by atoms with Gasteiger partial charge in [0.1, 0.15) is 0 Å². The molecule has 11 heavy (non-hydrogen) atoms. The second-order valence-electron chi connectivity index (χ2n) is 2.82. The molecule has 64 valence electrons. The summed E-state index contributed by atoms with van der Waals surface area (Å²) in [6, 6.07) is 0. The van der Waals surface area contributed by atoms with Crippen LogP contribution in [0, 0.1) is 0 Å². The summed E-state index contributed by atoms with van der Waals surface area (Å²) in [6.45, 7) is 5.97. The summed E-state index contributed by atoms with van der Waals surface area (Å²) in [5, 5.41) is 0. The van der Waals surface area contributed by atoms with Crippen molar-refractivity contribution in [2.45, 2.75) is 13.8 Å². The highest BCUT2D eigenvalue weighted by Crippen LogP contribution is 2.52. The van der Waals surface area contributed by atoms with Crippen LogP contribution < -0.4 is 0 Å². The summed E-state index contributed by atoms with van der Waals surface area (Å²) < 4.78 is 14.1. The van der Waals surface area contributed by atoms with E-state index in [1.165, 1.54) is 0 Å². The van der Waals surface area contributed by atoms with E-state index in [1.54, 1.807) is 0 Å². The first-order valence-electron chi connectivity index (χ1n) is 4.21. The molecule has 0 spiro atoms. The van der Waals surface area contributed by atoms with E-state index >= 15 is 0 Å². The Balaban J connectivity index is 2.63. The summed E-state index contributed by atoms with van der Waals surface area (Å²) >= 11 is 0. The highest BCUT2D eigenvalue weighted by molar-refractivity contribution is 7.62. The normalized spacial score (nSPS) is 21.4. The molecule has 1 rings (SSSR count). The fourth-order valence-electron chi connectivity index (χ4n) is 1.52. The van der Waals surface area contributed by atoms with Gasteiger partial charge in [-0.05, 0) is 0 Å². The van der Waals surface area contributed by atoms with Crippen LogP contribution in [0.5, 0.6) is 0 Å². The predicted molar refractivity (Wildman–Crippen MR) is 49.4 cm³/mol. The molecule has 0 fully saturated rings. The van der Waals surface area contributed by atoms with E-state index in [0.29, 0.717) is 0 Å². The molecular formula is C8H16NOP. The van der Waals surface area contributed by atoms with Crippen molar-refractivity contribution in [2.24, 2.45) is 0 Å². The van der Waals surface area contributed by atoms with Crippen LogP contribution in [0.4, 0.5) is 0 Å². The molecule has 0 amide bonds. The predicted octanol–water partition coefficient (Wildman–Crippen LogP) is 2.18. The Kier molecular flexibility index (Phi) is 2.91. The lowest BCUT2D eigenvalue weighted by Crippen LogP contribution is -2.20. The van der Waals surface area contributed by atoms with E-state index in [1.807, 2.05) is 12.2 Å². The van der Waals surface area contributed by atoms with Gasteiger partial charge in [0, 0.05) is 25.4 Å². The maximum Gasteiger partial charge on any atom is 0.157 e. The zero-order valence-electron chi connectivity index (χ0n) is 7.29. The molecule has 1 heterocycles. The average Bonchev–Trinajstić information content (AvgIpc) is 2.39. The molecule has 0 aromatic carbocycles. The summed E-state index contributed by atoms with van der Waals surface area (Å²) in [5.74, 6) is 0. The number of rotatable bonds is 3. The van der Waals surface area contributed by atoms with E-state index in [0.717, 1.165) is 25.4 Å². The van der Waals surface area contributed by atoms with Gasteiger partial charge < -0.3 is 4.57 Å². The van der Waals surface area contributed by atoms with Crippen molar-refractivity contribution in [2.75, 3.05) is 25.4 Å². The summed E-state index contributed by atoms with van der Waals surface area (Å²) in [7, 11) is -1.96. The van der Waals surface area contributed by atoms with Crippen LogP contribution in [0.1, 0.15) is 13.8 Å². The van der Waals surface area contributed by atoms with Crippen LogP contribution >= 0.6 is 7.29 Å². The topological polar surface area (TPSA) is 20.3 Å². The van der Waals surface area contributed by atoms with E-state index in [9.17, 15) is 4.57 Å². The SMILES string of the molecule is CCN(CC)P1(=O)CC=CC1. The van der Waals surface area contributed by atoms with Gasteiger partial charge in [-0.25, -0.2) is 0 Å². The van der Waals surface area contributed by atoms with Gasteiger partial charge in [-0.2, -0.15) is 0 Å². The van der Waals surface area contributed by atoms with Crippen molar-refractivity contribution in [3.63, 3.8) is 0 Å². The van der Waals surface area contributed by atoms with Crippen LogP contribution in [0.3, 0.4) is 0 Å². The Bertz CT molecular complexity index is 184. The maximum atomic E-state index is 12.0. The monoisotopic (exact) mass is 173 g/mol. The molecule has 0 saturated carbocycles. The van der Waals surface area contributed by atoms with Gasteiger partial charge in [0.2, 0.25) is 0 Å². The first-order valence-corrected chi connectivity index (χ1v) is 6.24. The third-order valence-corrected chi connectivity index (χ3v) is 5.35. The standard InChI is InChI=1S/C8H16NOP/c1-3-9(4-2)11(10)7-5-6-8-11/h5-6H,3-4,7-8H2,1-2H3. The number of nitrogens with zero attached hydrogens (tertiary/aromatic N) is 1. The zero-order valence-corrected chi connectivity index (χ0v) is 8.18. The molecule has 1 aliphatic rings. The van der Waals surface area contributed by atoms with Gasteiger partial charge in [0.15, 0.2) is 7.29 Å². The third kappa shape index (κ3) is 1.74. The Hall–Kier alpha value is -0.0700. The molecule has 0 unspecified atom stereocenters. The van der Waals surface area contributed by atoms with Gasteiger partial charge in [0.05, 0.1) is 0 Å². The van der Waals surface area contributed by atoms with Gasteiger partial charge in [-0.3, -0.25) is 4.67 Å². The molecule has 0 aromatic rings. The first-order chi connectivity index (χ1) is 5.23. The van der Waals surface area contributed by atoms with E-state index < -0.39 is 7.29 Å². The van der Waals surface area contributed by atoms with Crippen molar-refractivity contribution in [3.05, 3.63) is 12.2 Å². The minimum atomic E-state index is -1.96. The largest absolute Gasteiger partial charge is 0.306 e. The number of hydrogen-bond acceptors (Lipinski definition) is 1. The number of allylic oxidation sites excluding steroid dienone is 2. The number of hydrogen-bond donors (Lipinski definition) is 0. The lowest BCUT2D eigenvalue weighted by molar-refractivity contribution is 0.448. The van der Waals surface area contributed by atoms with E-state index in [4.69, 9.17) is 0 Å². The highest BCUT2D eigenvalue weighted by atomic mass is 31.2. The van der Waals surface area contributed by atoms with Crippen LogP contribution in [-0.2, 0) is 4.57 Å². The molecule has 2 nitrogen and oxygen atoms in total. The van der Waals surface area contributed by atoms with Crippen LogP contribution in [0.25, 0.3) is 0 Å². The van der Waals surface area contributed by atoms with Gasteiger partial charge in [0.25, 0.3) is 0 Å². The Morgan fingerprint density at radius 3 is 2.09 bits per heavy atom. The minimum absolute atomic E-state index is 0.786. The van der Waals surface area contributed by atoms with E-state index in [-0.39, 0.29) is 0 Å². The molecule has 0 atom stereocenters. The molecule has 0 bridgehead atoms. The Morgan fingerprint density at radius 2 is 1.73 bits per heavy atom. The van der Waals surface area contributed by atoms with Crippen molar-refractivity contribution in [1.82, 2.24) is 4.67 Å². The zero-order chi connectivity index (χ0) is 8.32. The fourth-order valence-corrected chi connectivity index (χ4v) is 4.12. The van der Waals surface area contributed by atoms with Crippen molar-refractivity contribution in [1.29, 1.82) is 0 Å². The van der Waals surface area contributed by atoms with Gasteiger partial charge in [-0.1, -0.05) is 26.0 Å². The molecule has 0 aliphatic carbocycles. The Morgan fingerprint density at radius 1 is 1.27 bits per heavy atom. The molecule has 1 aliphatic heterocycles. The van der Waals surface area contributed by atoms with E-state index in [2.05, 4.69) is 18.5 Å². The molecule has 0 radical (unpaired) electrons. The summed E-state index contributed by atoms with van der Waals surface area (Å²) in [5.41, 5.74) is 0. The van der Waals surface area contributed by atoms with Crippen molar-refractivity contribution in [3.8, 4) is 0 Å². The summed E-state index contributed by atoms with van der Waals surface area (Å²) in [4.78, 5) is 0.